The van der Waals surface area contributed by atoms with Gasteiger partial charge in [0.15, 0.2) is 0 Å². The van der Waals surface area contributed by atoms with Crippen LogP contribution in [0.4, 0.5) is 11.4 Å². The minimum atomic E-state index is -0.725. The molecule has 11 nitrogen and oxygen atoms in total. The molecule has 0 unspecified atom stereocenters. The molecule has 3 aromatic rings. The molecule has 146 valence electrons. The second-order valence-corrected chi connectivity index (χ2v) is 5.87. The normalized spacial score (nSPS) is 11.3. The van der Waals surface area contributed by atoms with E-state index in [1.807, 2.05) is 0 Å². The highest BCUT2D eigenvalue weighted by Crippen LogP contribution is 2.20. The van der Waals surface area contributed by atoms with E-state index in [-0.39, 0.29) is 33.8 Å². The van der Waals surface area contributed by atoms with Crippen LogP contribution >= 0.6 is 0 Å². The molecule has 0 aliphatic heterocycles. The molecule has 11 heteroatoms. The predicted molar refractivity (Wildman–Crippen MR) is 102 cm³/mol. The highest BCUT2D eigenvalue weighted by atomic mass is 16.6. The minimum absolute atomic E-state index is 0.0157. The van der Waals surface area contributed by atoms with Gasteiger partial charge in [-0.3, -0.25) is 25.0 Å². The van der Waals surface area contributed by atoms with Crippen LogP contribution in [0.1, 0.15) is 22.8 Å². The van der Waals surface area contributed by atoms with Crippen LogP contribution in [0.2, 0.25) is 0 Å². The Kier molecular flexibility index (Phi) is 5.13. The third kappa shape index (κ3) is 4.13. The maximum Gasteiger partial charge on any atom is 0.345 e. The Labute approximate surface area is 161 Å². The van der Waals surface area contributed by atoms with E-state index in [1.54, 1.807) is 0 Å². The Balaban J connectivity index is 1.86. The van der Waals surface area contributed by atoms with Gasteiger partial charge in [-0.25, -0.2) is 10.2 Å². The third-order valence-electron chi connectivity index (χ3n) is 3.98. The lowest BCUT2D eigenvalue weighted by Gasteiger charge is -2.04. The highest BCUT2D eigenvalue weighted by Gasteiger charge is 2.13. The van der Waals surface area contributed by atoms with Crippen molar-refractivity contribution in [3.8, 4) is 0 Å². The van der Waals surface area contributed by atoms with Crippen molar-refractivity contribution in [2.24, 2.45) is 5.10 Å². The summed E-state index contributed by atoms with van der Waals surface area (Å²) in [6, 6.07) is 10.1. The minimum Gasteiger partial charge on any atom is -0.422 e. The van der Waals surface area contributed by atoms with Gasteiger partial charge >= 0.3 is 5.63 Å². The number of rotatable bonds is 5. The molecule has 1 heterocycles. The molecule has 29 heavy (non-hydrogen) atoms. The van der Waals surface area contributed by atoms with Crippen LogP contribution in [0.3, 0.4) is 0 Å². The number of carbonyl (C=O) groups is 1. The lowest BCUT2D eigenvalue weighted by Crippen LogP contribution is -2.21. The topological polar surface area (TPSA) is 158 Å². The lowest BCUT2D eigenvalue weighted by molar-refractivity contribution is -0.385. The SMILES string of the molecule is C/C(=N/NC(=O)c1ccc([N+](=O)[O-])cc1)c1cc2cc([N+](=O)[O-])ccc2oc1=O. The quantitative estimate of drug-likeness (QED) is 0.300. The summed E-state index contributed by atoms with van der Waals surface area (Å²) >= 11 is 0. The van der Waals surface area contributed by atoms with Crippen LogP contribution in [0.5, 0.6) is 0 Å². The first-order valence-electron chi connectivity index (χ1n) is 8.08. The van der Waals surface area contributed by atoms with Gasteiger partial charge in [-0.05, 0) is 31.2 Å². The molecular formula is C18H12N4O7. The van der Waals surface area contributed by atoms with E-state index in [9.17, 15) is 29.8 Å². The second kappa shape index (κ2) is 7.68. The Bertz CT molecular complexity index is 1230. The summed E-state index contributed by atoms with van der Waals surface area (Å²) in [6.45, 7) is 1.45. The zero-order valence-electron chi connectivity index (χ0n) is 14.8. The summed E-state index contributed by atoms with van der Waals surface area (Å²) in [5.74, 6) is -0.639. The van der Waals surface area contributed by atoms with Gasteiger partial charge in [-0.1, -0.05) is 0 Å². The molecule has 0 radical (unpaired) electrons. The molecule has 3 rings (SSSR count). The first kappa shape index (κ1) is 19.4. The van der Waals surface area contributed by atoms with Crippen molar-refractivity contribution in [1.29, 1.82) is 0 Å². The van der Waals surface area contributed by atoms with Gasteiger partial charge in [0.2, 0.25) is 0 Å². The van der Waals surface area contributed by atoms with Crippen molar-refractivity contribution in [2.75, 3.05) is 0 Å². The third-order valence-corrected chi connectivity index (χ3v) is 3.98. The van der Waals surface area contributed by atoms with E-state index in [1.165, 1.54) is 55.5 Å². The molecule has 0 bridgehead atoms. The first-order chi connectivity index (χ1) is 13.8. The monoisotopic (exact) mass is 396 g/mol. The Morgan fingerprint density at radius 1 is 1.00 bits per heavy atom. The average Bonchev–Trinajstić information content (AvgIpc) is 2.70. The molecule has 0 aliphatic rings. The fraction of sp³-hybridized carbons (Fsp3) is 0.0556. The Morgan fingerprint density at radius 3 is 2.24 bits per heavy atom. The second-order valence-electron chi connectivity index (χ2n) is 5.87. The van der Waals surface area contributed by atoms with Crippen LogP contribution in [0, 0.1) is 20.2 Å². The van der Waals surface area contributed by atoms with Gasteiger partial charge in [-0.15, -0.1) is 0 Å². The molecular weight excluding hydrogens is 384 g/mol. The number of hydrogen-bond acceptors (Lipinski definition) is 8. The van der Waals surface area contributed by atoms with Crippen LogP contribution < -0.4 is 11.1 Å². The highest BCUT2D eigenvalue weighted by molar-refractivity contribution is 6.02. The molecule has 0 fully saturated rings. The average molecular weight is 396 g/mol. The lowest BCUT2D eigenvalue weighted by atomic mass is 10.1. The summed E-state index contributed by atoms with van der Waals surface area (Å²) in [6.07, 6.45) is 0. The van der Waals surface area contributed by atoms with Crippen molar-refractivity contribution >= 4 is 34.0 Å². The summed E-state index contributed by atoms with van der Waals surface area (Å²) in [7, 11) is 0. The van der Waals surface area contributed by atoms with Gasteiger partial charge in [0.1, 0.15) is 5.58 Å². The summed E-state index contributed by atoms with van der Waals surface area (Å²) in [5, 5.41) is 25.7. The van der Waals surface area contributed by atoms with Crippen molar-refractivity contribution in [2.45, 2.75) is 6.92 Å². The van der Waals surface area contributed by atoms with Crippen molar-refractivity contribution < 1.29 is 19.1 Å². The van der Waals surface area contributed by atoms with Gasteiger partial charge in [-0.2, -0.15) is 5.10 Å². The fourth-order valence-corrected chi connectivity index (χ4v) is 2.47. The molecule has 1 N–H and O–H groups in total. The Hall–Kier alpha value is -4.41. The van der Waals surface area contributed by atoms with Crippen LogP contribution in [-0.2, 0) is 0 Å². The van der Waals surface area contributed by atoms with Gasteiger partial charge in [0.05, 0.1) is 21.1 Å². The molecule has 0 spiro atoms. The fourth-order valence-electron chi connectivity index (χ4n) is 2.47. The van der Waals surface area contributed by atoms with E-state index < -0.39 is 21.4 Å². The van der Waals surface area contributed by atoms with Crippen molar-refractivity contribution in [3.63, 3.8) is 0 Å². The number of non-ortho nitro benzene ring substituents is 2. The number of nitro benzene ring substituents is 2. The van der Waals surface area contributed by atoms with Gasteiger partial charge in [0.25, 0.3) is 17.3 Å². The summed E-state index contributed by atoms with van der Waals surface area (Å²) in [4.78, 5) is 44.7. The number of carbonyl (C=O) groups excluding carboxylic acids is 1. The van der Waals surface area contributed by atoms with Gasteiger partial charge < -0.3 is 4.42 Å². The maximum atomic E-state index is 12.2. The van der Waals surface area contributed by atoms with E-state index >= 15 is 0 Å². The molecule has 0 saturated heterocycles. The number of benzene rings is 2. The molecule has 2 aromatic carbocycles. The van der Waals surface area contributed by atoms with Crippen molar-refractivity contribution in [3.05, 3.63) is 90.3 Å². The van der Waals surface area contributed by atoms with Crippen molar-refractivity contribution in [1.82, 2.24) is 5.43 Å². The maximum absolute atomic E-state index is 12.2. The molecule has 0 saturated carbocycles. The number of hydrogen-bond donors (Lipinski definition) is 1. The first-order valence-corrected chi connectivity index (χ1v) is 8.08. The molecule has 0 atom stereocenters. The van der Waals surface area contributed by atoms with E-state index in [0.717, 1.165) is 0 Å². The van der Waals surface area contributed by atoms with E-state index in [4.69, 9.17) is 4.42 Å². The van der Waals surface area contributed by atoms with E-state index in [0.29, 0.717) is 5.39 Å². The zero-order valence-corrected chi connectivity index (χ0v) is 14.8. The van der Waals surface area contributed by atoms with Crippen LogP contribution in [0.25, 0.3) is 11.0 Å². The number of hydrazone groups is 1. The molecule has 0 aliphatic carbocycles. The summed E-state index contributed by atoms with van der Waals surface area (Å²) in [5.41, 5.74) is 1.62. The van der Waals surface area contributed by atoms with Crippen LogP contribution in [-0.4, -0.2) is 21.5 Å². The largest absolute Gasteiger partial charge is 0.422 e. The van der Waals surface area contributed by atoms with Gasteiger partial charge in [0, 0.05) is 35.2 Å². The zero-order chi connectivity index (χ0) is 21.1. The predicted octanol–water partition coefficient (Wildman–Crippen LogP) is 2.76. The van der Waals surface area contributed by atoms with E-state index in [2.05, 4.69) is 10.5 Å². The Morgan fingerprint density at radius 2 is 1.62 bits per heavy atom. The van der Waals surface area contributed by atoms with Crippen LogP contribution in [0.15, 0.2) is 62.8 Å². The number of fused-ring (bicyclic) bond motifs is 1. The number of nitrogens with zero attached hydrogens (tertiary/aromatic N) is 3. The number of nitrogens with one attached hydrogen (secondary N) is 1. The summed E-state index contributed by atoms with van der Waals surface area (Å²) < 4.78 is 5.14. The number of amides is 1. The molecule has 1 amide bonds. The smallest absolute Gasteiger partial charge is 0.345 e. The molecule has 1 aromatic heterocycles. The standard InChI is InChI=1S/C18H12N4O7/c1-10(19-20-17(23)11-2-4-13(5-3-11)21(25)26)15-9-12-8-14(22(27)28)6-7-16(12)29-18(15)24/h2-9H,1H3,(H,20,23)/b19-10-. The number of nitro groups is 2.